The molecule has 0 unspecified atom stereocenters. The van der Waals surface area contributed by atoms with Gasteiger partial charge in [0, 0.05) is 44.5 Å². The molecule has 1 aromatic heterocycles. The van der Waals surface area contributed by atoms with E-state index in [9.17, 15) is 13.2 Å². The van der Waals surface area contributed by atoms with Crippen LogP contribution in [0.3, 0.4) is 0 Å². The summed E-state index contributed by atoms with van der Waals surface area (Å²) in [6.07, 6.45) is -2.25. The van der Waals surface area contributed by atoms with Crippen molar-refractivity contribution in [2.75, 3.05) is 13.7 Å². The molecule has 2 N–H and O–H groups in total. The van der Waals surface area contributed by atoms with Gasteiger partial charge in [-0.25, -0.2) is 0 Å². The van der Waals surface area contributed by atoms with Crippen molar-refractivity contribution in [3.63, 3.8) is 0 Å². The van der Waals surface area contributed by atoms with E-state index in [1.807, 2.05) is 32.0 Å². The smallest absolute Gasteiger partial charge is 0.435 e. The number of aliphatic imine (C=N–C) groups is 1. The van der Waals surface area contributed by atoms with E-state index in [0.717, 1.165) is 28.0 Å². The Kier molecular flexibility index (Phi) is 9.74. The number of nitrogens with zero attached hydrogens (tertiary/aromatic N) is 3. The van der Waals surface area contributed by atoms with E-state index in [2.05, 4.69) is 20.7 Å². The zero-order chi connectivity index (χ0) is 20.7. The molecule has 0 radical (unpaired) electrons. The van der Waals surface area contributed by atoms with Crippen LogP contribution in [0.4, 0.5) is 13.2 Å². The van der Waals surface area contributed by atoms with Crippen LogP contribution in [0.1, 0.15) is 35.7 Å². The van der Waals surface area contributed by atoms with Crippen LogP contribution in [-0.2, 0) is 26.3 Å². The van der Waals surface area contributed by atoms with E-state index < -0.39 is 11.9 Å². The fourth-order valence-corrected chi connectivity index (χ4v) is 2.64. The minimum atomic E-state index is -4.50. The third kappa shape index (κ3) is 7.41. The topological polar surface area (TPSA) is 63.5 Å². The predicted molar refractivity (Wildman–Crippen MR) is 118 cm³/mol. The van der Waals surface area contributed by atoms with Crippen LogP contribution in [0.15, 0.2) is 29.4 Å². The lowest BCUT2D eigenvalue weighted by Crippen LogP contribution is -2.36. The highest BCUT2D eigenvalue weighted by molar-refractivity contribution is 14.0. The number of guanidine groups is 1. The highest BCUT2D eigenvalue weighted by Gasteiger charge is 2.36. The lowest BCUT2D eigenvalue weighted by Gasteiger charge is -2.15. The van der Waals surface area contributed by atoms with E-state index >= 15 is 0 Å². The molecule has 1 heterocycles. The quantitative estimate of drug-likeness (QED) is 0.326. The van der Waals surface area contributed by atoms with Crippen molar-refractivity contribution in [2.45, 2.75) is 39.5 Å². The molecule has 0 aliphatic heterocycles. The summed E-state index contributed by atoms with van der Waals surface area (Å²) >= 11 is 0. The zero-order valence-electron chi connectivity index (χ0n) is 16.9. The molecule has 10 heteroatoms. The van der Waals surface area contributed by atoms with Crippen molar-refractivity contribution in [1.29, 1.82) is 0 Å². The number of ether oxygens (including phenoxy) is 1. The van der Waals surface area contributed by atoms with Gasteiger partial charge in [-0.3, -0.25) is 9.67 Å². The Balaban J connectivity index is 0.00000420. The first-order valence-electron chi connectivity index (χ1n) is 9.01. The molecular formula is C19H27F3IN5O. The molecule has 6 nitrogen and oxygen atoms in total. The number of nitrogens with one attached hydrogen (secondary N) is 2. The van der Waals surface area contributed by atoms with Crippen molar-refractivity contribution in [3.05, 3.63) is 46.8 Å². The Bertz CT molecular complexity index is 821. The van der Waals surface area contributed by atoms with E-state index in [-0.39, 0.29) is 36.1 Å². The molecule has 0 saturated heterocycles. The number of aromatic nitrogens is 2. The minimum absolute atomic E-state index is 0. The molecule has 1 aromatic carbocycles. The van der Waals surface area contributed by atoms with Crippen LogP contribution >= 0.6 is 24.0 Å². The maximum absolute atomic E-state index is 13.1. The fraction of sp³-hybridized carbons (Fsp3) is 0.474. The third-order valence-electron chi connectivity index (χ3n) is 3.97. The maximum Gasteiger partial charge on any atom is 0.435 e. The standard InChI is InChI=1S/C19H26F3N5O.HI/c1-5-8-28-16-9-13(2)6-7-14(16)10-24-18(23-3)25-11-15-12-27(4)26-17(15)19(20,21)22;/h6-7,9,12H,5,8,10-11H2,1-4H3,(H2,23,24,25);1H. The molecule has 0 spiro atoms. The normalized spacial score (nSPS) is 11.8. The van der Waals surface area contributed by atoms with Gasteiger partial charge in [-0.05, 0) is 25.0 Å². The molecule has 0 aliphatic carbocycles. The van der Waals surface area contributed by atoms with Gasteiger partial charge in [0.2, 0.25) is 0 Å². The van der Waals surface area contributed by atoms with Gasteiger partial charge in [0.25, 0.3) is 0 Å². The molecule has 2 aromatic rings. The molecule has 0 fully saturated rings. The van der Waals surface area contributed by atoms with Crippen LogP contribution in [0.25, 0.3) is 0 Å². The summed E-state index contributed by atoms with van der Waals surface area (Å²) in [5.41, 5.74) is 1.19. The van der Waals surface area contributed by atoms with Gasteiger partial charge in [0.15, 0.2) is 11.7 Å². The first-order chi connectivity index (χ1) is 13.2. The van der Waals surface area contributed by atoms with Gasteiger partial charge in [-0.15, -0.1) is 24.0 Å². The highest BCUT2D eigenvalue weighted by atomic mass is 127. The molecule has 0 aliphatic rings. The second-order valence-electron chi connectivity index (χ2n) is 6.41. The van der Waals surface area contributed by atoms with Crippen LogP contribution in [0.2, 0.25) is 0 Å². The average Bonchev–Trinajstić information content (AvgIpc) is 3.02. The molecular weight excluding hydrogens is 498 g/mol. The van der Waals surface area contributed by atoms with Crippen molar-refractivity contribution >= 4 is 29.9 Å². The summed E-state index contributed by atoms with van der Waals surface area (Å²) in [6.45, 7) is 5.02. The predicted octanol–water partition coefficient (Wildman–Crippen LogP) is 4.02. The number of benzene rings is 1. The van der Waals surface area contributed by atoms with E-state index in [4.69, 9.17) is 4.74 Å². The summed E-state index contributed by atoms with van der Waals surface area (Å²) in [4.78, 5) is 4.07. The second kappa shape index (κ2) is 11.3. The van der Waals surface area contributed by atoms with Gasteiger partial charge in [-0.1, -0.05) is 19.1 Å². The number of rotatable bonds is 7. The largest absolute Gasteiger partial charge is 0.493 e. The monoisotopic (exact) mass is 525 g/mol. The molecule has 162 valence electrons. The molecule has 0 amide bonds. The van der Waals surface area contributed by atoms with Crippen molar-refractivity contribution < 1.29 is 17.9 Å². The Morgan fingerprint density at radius 1 is 1.21 bits per heavy atom. The van der Waals surface area contributed by atoms with Crippen LogP contribution in [0, 0.1) is 6.92 Å². The number of hydrogen-bond acceptors (Lipinski definition) is 3. The Morgan fingerprint density at radius 3 is 2.45 bits per heavy atom. The Hall–Kier alpha value is -1.98. The molecule has 29 heavy (non-hydrogen) atoms. The van der Waals surface area contributed by atoms with Gasteiger partial charge in [0.1, 0.15) is 5.75 Å². The number of aryl methyl sites for hydroxylation is 2. The first-order valence-corrected chi connectivity index (χ1v) is 9.01. The van der Waals surface area contributed by atoms with E-state index in [1.165, 1.54) is 13.2 Å². The summed E-state index contributed by atoms with van der Waals surface area (Å²) < 4.78 is 46.1. The summed E-state index contributed by atoms with van der Waals surface area (Å²) in [7, 11) is 3.02. The minimum Gasteiger partial charge on any atom is -0.493 e. The third-order valence-corrected chi connectivity index (χ3v) is 3.97. The van der Waals surface area contributed by atoms with Crippen molar-refractivity contribution in [2.24, 2.45) is 12.0 Å². The molecule has 0 atom stereocenters. The maximum atomic E-state index is 13.1. The Labute approximate surface area is 185 Å². The SMILES string of the molecule is CCCOc1cc(C)ccc1CNC(=NC)NCc1cn(C)nc1C(F)(F)F.I. The van der Waals surface area contributed by atoms with Crippen LogP contribution < -0.4 is 15.4 Å². The molecule has 0 saturated carbocycles. The zero-order valence-corrected chi connectivity index (χ0v) is 19.3. The van der Waals surface area contributed by atoms with Gasteiger partial charge in [-0.2, -0.15) is 18.3 Å². The van der Waals surface area contributed by atoms with Crippen molar-refractivity contribution in [1.82, 2.24) is 20.4 Å². The van der Waals surface area contributed by atoms with E-state index in [1.54, 1.807) is 7.05 Å². The lowest BCUT2D eigenvalue weighted by atomic mass is 10.1. The number of hydrogen-bond donors (Lipinski definition) is 2. The summed E-state index contributed by atoms with van der Waals surface area (Å²) in [6, 6.07) is 5.91. The number of alkyl halides is 3. The average molecular weight is 525 g/mol. The number of halogens is 4. The fourth-order valence-electron chi connectivity index (χ4n) is 2.64. The molecule has 2 rings (SSSR count). The van der Waals surface area contributed by atoms with Crippen molar-refractivity contribution in [3.8, 4) is 5.75 Å². The highest BCUT2D eigenvalue weighted by Crippen LogP contribution is 2.30. The van der Waals surface area contributed by atoms with Crippen LogP contribution in [0.5, 0.6) is 5.75 Å². The summed E-state index contributed by atoms with van der Waals surface area (Å²) in [5.74, 6) is 1.18. The summed E-state index contributed by atoms with van der Waals surface area (Å²) in [5, 5.41) is 9.51. The lowest BCUT2D eigenvalue weighted by molar-refractivity contribution is -0.142. The van der Waals surface area contributed by atoms with Gasteiger partial charge < -0.3 is 15.4 Å². The molecule has 0 bridgehead atoms. The first kappa shape index (κ1) is 25.1. The van der Waals surface area contributed by atoms with Gasteiger partial charge in [0.05, 0.1) is 6.61 Å². The van der Waals surface area contributed by atoms with Gasteiger partial charge >= 0.3 is 6.18 Å². The van der Waals surface area contributed by atoms with Crippen LogP contribution in [-0.4, -0.2) is 29.4 Å². The van der Waals surface area contributed by atoms with E-state index in [0.29, 0.717) is 19.1 Å². The second-order valence-corrected chi connectivity index (χ2v) is 6.41. The Morgan fingerprint density at radius 2 is 1.86 bits per heavy atom.